The molecule has 2 amide bonds. The summed E-state index contributed by atoms with van der Waals surface area (Å²) in [5, 5.41) is 7.57. The zero-order valence-corrected chi connectivity index (χ0v) is 27.6. The van der Waals surface area contributed by atoms with Crippen LogP contribution >= 0.6 is 23.2 Å². The number of pyridine rings is 3. The van der Waals surface area contributed by atoms with E-state index < -0.39 is 0 Å². The molecule has 0 aliphatic rings. The predicted molar refractivity (Wildman–Crippen MR) is 189 cm³/mol. The molecular weight excluding hydrogens is 647 g/mol. The number of carbonyl (C=O) groups excluding carboxylic acids is 2. The van der Waals surface area contributed by atoms with Crippen LogP contribution in [-0.4, -0.2) is 31.3 Å². The van der Waals surface area contributed by atoms with Gasteiger partial charge in [-0.2, -0.15) is 0 Å². The molecule has 4 aromatic heterocycles. The smallest absolute Gasteiger partial charge is 0.258 e. The van der Waals surface area contributed by atoms with E-state index in [2.05, 4.69) is 25.6 Å². The van der Waals surface area contributed by atoms with Gasteiger partial charge < -0.3 is 19.9 Å². The van der Waals surface area contributed by atoms with Crippen molar-refractivity contribution < 1.29 is 14.3 Å². The second-order valence-electron chi connectivity index (χ2n) is 10.9. The number of ether oxygens (including phenoxy) is 1. The molecule has 0 saturated heterocycles. The monoisotopic (exact) mass is 676 g/mol. The van der Waals surface area contributed by atoms with Gasteiger partial charge >= 0.3 is 0 Å². The van der Waals surface area contributed by atoms with Crippen LogP contribution in [0, 0.1) is 13.8 Å². The van der Waals surface area contributed by atoms with Gasteiger partial charge in [-0.15, -0.1) is 0 Å². The Kier molecular flexibility index (Phi) is 9.80. The minimum absolute atomic E-state index is 0.144. The molecule has 0 aliphatic carbocycles. The molecule has 0 unspecified atom stereocenters. The summed E-state index contributed by atoms with van der Waals surface area (Å²) >= 11 is 13.5. The zero-order chi connectivity index (χ0) is 33.6. The van der Waals surface area contributed by atoms with Crippen molar-refractivity contribution in [3.05, 3.63) is 147 Å². The first-order valence-corrected chi connectivity index (χ1v) is 15.8. The van der Waals surface area contributed by atoms with Crippen LogP contribution in [-0.2, 0) is 17.9 Å². The van der Waals surface area contributed by atoms with E-state index in [0.717, 1.165) is 22.3 Å². The van der Waals surface area contributed by atoms with Gasteiger partial charge in [0.15, 0.2) is 0 Å². The Morgan fingerprint density at radius 1 is 0.938 bits per heavy atom. The van der Waals surface area contributed by atoms with E-state index in [9.17, 15) is 9.59 Å². The van der Waals surface area contributed by atoms with E-state index in [1.54, 1.807) is 55.7 Å². The molecule has 4 heterocycles. The molecule has 0 saturated carbocycles. The summed E-state index contributed by atoms with van der Waals surface area (Å²) in [7, 11) is 0. The Morgan fingerprint density at radius 2 is 1.81 bits per heavy atom. The average Bonchev–Trinajstić information content (AvgIpc) is 3.55. The topological polar surface area (TPSA) is 111 Å². The van der Waals surface area contributed by atoms with Gasteiger partial charge in [-0.25, -0.2) is 9.97 Å². The minimum atomic E-state index is -0.293. The molecule has 0 radical (unpaired) electrons. The second-order valence-corrected chi connectivity index (χ2v) is 11.7. The molecular formula is C37H30Cl2N6O3. The van der Waals surface area contributed by atoms with Crippen LogP contribution in [0.1, 0.15) is 38.6 Å². The molecule has 240 valence electrons. The molecule has 11 heteroatoms. The first kappa shape index (κ1) is 32.4. The van der Waals surface area contributed by atoms with Gasteiger partial charge in [0.2, 0.25) is 5.91 Å². The first-order valence-electron chi connectivity index (χ1n) is 15.0. The number of anilines is 1. The summed E-state index contributed by atoms with van der Waals surface area (Å²) in [5.41, 5.74) is 5.62. The van der Waals surface area contributed by atoms with Crippen LogP contribution in [0.4, 0.5) is 5.82 Å². The number of halogens is 2. The number of carbonyl (C=O) groups is 2. The van der Waals surface area contributed by atoms with E-state index in [4.69, 9.17) is 27.9 Å². The number of fused-ring (bicyclic) bond motifs is 1. The molecule has 2 aromatic carbocycles. The molecule has 0 atom stereocenters. The summed E-state index contributed by atoms with van der Waals surface area (Å²) in [4.78, 5) is 38.3. The van der Waals surface area contributed by atoms with Crippen LogP contribution in [0.2, 0.25) is 10.0 Å². The van der Waals surface area contributed by atoms with Gasteiger partial charge in [0.25, 0.3) is 5.91 Å². The molecule has 0 aliphatic heterocycles. The van der Waals surface area contributed by atoms with E-state index >= 15 is 0 Å². The normalized spacial score (nSPS) is 11.2. The highest BCUT2D eigenvalue weighted by molar-refractivity contribution is 6.37. The number of nitrogens with zero attached hydrogens (tertiary/aromatic N) is 4. The third-order valence-corrected chi connectivity index (χ3v) is 8.38. The predicted octanol–water partition coefficient (Wildman–Crippen LogP) is 7.90. The molecule has 0 bridgehead atoms. The van der Waals surface area contributed by atoms with Gasteiger partial charge in [0.05, 0.1) is 22.8 Å². The lowest BCUT2D eigenvalue weighted by molar-refractivity contribution is -0.116. The summed E-state index contributed by atoms with van der Waals surface area (Å²) in [5.74, 6) is 0.448. The summed E-state index contributed by atoms with van der Waals surface area (Å²) in [6, 6.07) is 24.0. The maximum atomic E-state index is 12.7. The third-order valence-electron chi connectivity index (χ3n) is 7.60. The number of rotatable bonds is 10. The number of aromatic nitrogens is 4. The summed E-state index contributed by atoms with van der Waals surface area (Å²) in [6.07, 6.45) is 8.15. The summed E-state index contributed by atoms with van der Waals surface area (Å²) < 4.78 is 8.08. The van der Waals surface area contributed by atoms with Crippen molar-refractivity contribution >= 4 is 57.8 Å². The summed E-state index contributed by atoms with van der Waals surface area (Å²) in [6.45, 7) is 4.10. The largest absolute Gasteiger partial charge is 0.487 e. The highest BCUT2D eigenvalue weighted by Crippen LogP contribution is 2.33. The number of aryl methyl sites for hydroxylation is 2. The molecule has 9 nitrogen and oxygen atoms in total. The van der Waals surface area contributed by atoms with Crippen molar-refractivity contribution in [1.82, 2.24) is 24.8 Å². The van der Waals surface area contributed by atoms with Crippen molar-refractivity contribution in [2.75, 3.05) is 5.32 Å². The van der Waals surface area contributed by atoms with E-state index in [-0.39, 0.29) is 25.0 Å². The van der Waals surface area contributed by atoms with E-state index in [1.165, 1.54) is 6.08 Å². The van der Waals surface area contributed by atoms with Crippen LogP contribution in [0.3, 0.4) is 0 Å². The van der Waals surface area contributed by atoms with Gasteiger partial charge in [0.1, 0.15) is 23.7 Å². The standard InChI is InChI=1S/C37H30Cl2N6O3/c1-23-10-13-26-6-3-9-32(36(26)43-23)48-22-29-30(38)14-15-31(35(29)39)45-19-5-7-27(45)21-42-34(46)17-12-25-11-16-33(41-20-25)44-37(47)28-8-4-18-40-24(28)2/h3-20H,21-22H2,1-2H3,(H,42,46)(H,41,44,47). The van der Waals surface area contributed by atoms with E-state index in [1.807, 2.05) is 66.2 Å². The number of hydrogen-bond donors (Lipinski definition) is 2. The molecule has 2 N–H and O–H groups in total. The number of nitrogens with one attached hydrogen (secondary N) is 2. The van der Waals surface area contributed by atoms with Gasteiger partial charge in [0, 0.05) is 57.7 Å². The zero-order valence-electron chi connectivity index (χ0n) is 26.1. The molecule has 6 rings (SSSR count). The highest BCUT2D eigenvalue weighted by Gasteiger charge is 2.16. The van der Waals surface area contributed by atoms with Crippen molar-refractivity contribution in [2.24, 2.45) is 0 Å². The number of benzene rings is 2. The average molecular weight is 678 g/mol. The third kappa shape index (κ3) is 7.38. The Bertz CT molecular complexity index is 2160. The maximum Gasteiger partial charge on any atom is 0.258 e. The minimum Gasteiger partial charge on any atom is -0.487 e. The number of amides is 2. The Balaban J connectivity index is 1.09. The van der Waals surface area contributed by atoms with Crippen molar-refractivity contribution in [3.8, 4) is 11.4 Å². The Morgan fingerprint density at radius 3 is 2.62 bits per heavy atom. The van der Waals surface area contributed by atoms with Gasteiger partial charge in [-0.3, -0.25) is 14.6 Å². The van der Waals surface area contributed by atoms with Crippen molar-refractivity contribution in [1.29, 1.82) is 0 Å². The fourth-order valence-corrected chi connectivity index (χ4v) is 5.65. The number of para-hydroxylation sites is 1. The van der Waals surface area contributed by atoms with Crippen molar-refractivity contribution in [2.45, 2.75) is 27.0 Å². The quantitative estimate of drug-likeness (QED) is 0.143. The van der Waals surface area contributed by atoms with Crippen molar-refractivity contribution in [3.63, 3.8) is 0 Å². The molecule has 0 spiro atoms. The Labute approximate surface area is 287 Å². The van der Waals surface area contributed by atoms with Gasteiger partial charge in [-0.05, 0) is 86.2 Å². The highest BCUT2D eigenvalue weighted by atomic mass is 35.5. The van der Waals surface area contributed by atoms with Crippen LogP contribution in [0.5, 0.6) is 5.75 Å². The molecule has 6 aromatic rings. The number of hydrogen-bond acceptors (Lipinski definition) is 6. The lowest BCUT2D eigenvalue weighted by Crippen LogP contribution is -2.21. The van der Waals surface area contributed by atoms with Crippen LogP contribution in [0.15, 0.2) is 104 Å². The maximum absolute atomic E-state index is 12.7. The van der Waals surface area contributed by atoms with Crippen LogP contribution in [0.25, 0.3) is 22.7 Å². The molecule has 48 heavy (non-hydrogen) atoms. The second kappa shape index (κ2) is 14.5. The SMILES string of the molecule is Cc1ccc2cccc(OCc3c(Cl)ccc(-n4cccc4CNC(=O)C=Cc4ccc(NC(=O)c5cccnc5C)nc4)c3Cl)c2n1. The van der Waals surface area contributed by atoms with Gasteiger partial charge in [-0.1, -0.05) is 41.4 Å². The van der Waals surface area contributed by atoms with Crippen LogP contribution < -0.4 is 15.4 Å². The van der Waals surface area contributed by atoms with E-state index in [0.29, 0.717) is 49.7 Å². The Hall–Kier alpha value is -5.51. The fraction of sp³-hybridized carbons (Fsp3) is 0.108. The first-order chi connectivity index (χ1) is 23.3. The lowest BCUT2D eigenvalue weighted by atomic mass is 10.1. The molecule has 0 fully saturated rings. The lowest BCUT2D eigenvalue weighted by Gasteiger charge is -2.16. The fourth-order valence-electron chi connectivity index (χ4n) is 5.08.